The summed E-state index contributed by atoms with van der Waals surface area (Å²) in [6, 6.07) is 2.59. The van der Waals surface area contributed by atoms with Gasteiger partial charge in [-0.05, 0) is 42.2 Å². The first kappa shape index (κ1) is 15.5. The number of aryl methyl sites for hydroxylation is 1. The van der Waals surface area contributed by atoms with Crippen LogP contribution in [0.25, 0.3) is 0 Å². The molecule has 2 heterocycles. The first-order chi connectivity index (χ1) is 9.69. The van der Waals surface area contributed by atoms with Gasteiger partial charge in [-0.15, -0.1) is 0 Å². The van der Waals surface area contributed by atoms with Gasteiger partial charge in [0.1, 0.15) is 5.82 Å². The van der Waals surface area contributed by atoms with Crippen LogP contribution in [0.3, 0.4) is 0 Å². The molecule has 2 aromatic heterocycles. The van der Waals surface area contributed by atoms with Crippen LogP contribution in [0.2, 0.25) is 5.15 Å². The summed E-state index contributed by atoms with van der Waals surface area (Å²) in [6.07, 6.45) is 4.33. The number of aromatic amines is 1. The van der Waals surface area contributed by atoms with E-state index in [1.807, 2.05) is 0 Å². The molecular formula is C15H22ClN3S. The zero-order valence-corrected chi connectivity index (χ0v) is 13.7. The fourth-order valence-corrected chi connectivity index (χ4v) is 3.03. The number of nitrogens with one attached hydrogen (secondary N) is 2. The smallest absolute Gasteiger partial charge is 0.151 e. The highest BCUT2D eigenvalue weighted by atomic mass is 35.5. The fourth-order valence-electron chi connectivity index (χ4n) is 2.13. The summed E-state index contributed by atoms with van der Waals surface area (Å²) in [6.45, 7) is 5.11. The number of aromatic nitrogens is 2. The molecule has 0 aliphatic rings. The molecule has 0 aliphatic heterocycles. The van der Waals surface area contributed by atoms with E-state index in [0.29, 0.717) is 11.2 Å². The molecule has 0 spiro atoms. The number of hydrogen-bond acceptors (Lipinski definition) is 3. The number of unbranched alkanes of at least 4 members (excludes halogenated alkanes) is 1. The Morgan fingerprint density at radius 3 is 3.05 bits per heavy atom. The zero-order valence-electron chi connectivity index (χ0n) is 12.1. The molecule has 0 aliphatic carbocycles. The molecule has 0 saturated carbocycles. The Hall–Kier alpha value is -0.840. The maximum Gasteiger partial charge on any atom is 0.151 e. The van der Waals surface area contributed by atoms with E-state index in [0.717, 1.165) is 37.3 Å². The molecule has 110 valence electrons. The minimum Gasteiger partial charge on any atom is -0.344 e. The van der Waals surface area contributed by atoms with Crippen LogP contribution < -0.4 is 5.32 Å². The van der Waals surface area contributed by atoms with Crippen molar-refractivity contribution in [3.8, 4) is 0 Å². The number of thiophene rings is 1. The van der Waals surface area contributed by atoms with Gasteiger partial charge in [0.2, 0.25) is 0 Å². The molecule has 0 radical (unpaired) electrons. The van der Waals surface area contributed by atoms with Crippen molar-refractivity contribution < 1.29 is 0 Å². The van der Waals surface area contributed by atoms with Crippen LogP contribution in [0.1, 0.15) is 43.8 Å². The molecule has 5 heteroatoms. The number of H-pyrrole nitrogens is 1. The highest BCUT2D eigenvalue weighted by Crippen LogP contribution is 2.15. The predicted octanol–water partition coefficient (Wildman–Crippen LogP) is 4.19. The van der Waals surface area contributed by atoms with E-state index in [-0.39, 0.29) is 0 Å². The van der Waals surface area contributed by atoms with E-state index in [1.165, 1.54) is 12.0 Å². The number of halogens is 1. The summed E-state index contributed by atoms with van der Waals surface area (Å²) in [4.78, 5) is 7.70. The molecule has 2 rings (SSSR count). The lowest BCUT2D eigenvalue weighted by Crippen LogP contribution is -2.27. The summed E-state index contributed by atoms with van der Waals surface area (Å²) in [5.74, 6) is 0.999. The summed E-state index contributed by atoms with van der Waals surface area (Å²) < 4.78 is 0. The molecule has 0 fully saturated rings. The Bertz CT molecular complexity index is 507. The molecule has 1 atom stereocenters. The second-order valence-electron chi connectivity index (χ2n) is 5.17. The van der Waals surface area contributed by atoms with Crippen LogP contribution in [0.15, 0.2) is 16.8 Å². The van der Waals surface area contributed by atoms with E-state index < -0.39 is 0 Å². The van der Waals surface area contributed by atoms with Gasteiger partial charge in [0.05, 0.1) is 5.69 Å². The predicted molar refractivity (Wildman–Crippen MR) is 86.5 cm³/mol. The lowest BCUT2D eigenvalue weighted by atomic mass is 10.1. The van der Waals surface area contributed by atoms with Gasteiger partial charge in [0.15, 0.2) is 5.15 Å². The van der Waals surface area contributed by atoms with Gasteiger partial charge in [0.25, 0.3) is 0 Å². The average molecular weight is 312 g/mol. The van der Waals surface area contributed by atoms with E-state index in [1.54, 1.807) is 11.3 Å². The van der Waals surface area contributed by atoms with Crippen molar-refractivity contribution in [2.45, 2.75) is 52.1 Å². The second-order valence-corrected chi connectivity index (χ2v) is 6.31. The lowest BCUT2D eigenvalue weighted by molar-refractivity contribution is 0.541. The van der Waals surface area contributed by atoms with Crippen LogP contribution in [0.5, 0.6) is 0 Å². The van der Waals surface area contributed by atoms with Crippen molar-refractivity contribution in [1.29, 1.82) is 0 Å². The highest BCUT2D eigenvalue weighted by molar-refractivity contribution is 7.07. The largest absolute Gasteiger partial charge is 0.344 e. The van der Waals surface area contributed by atoms with Crippen molar-refractivity contribution in [1.82, 2.24) is 15.3 Å². The standard InChI is InChI=1S/C15H22ClN3S/c1-3-4-5-14-18-13(15(16)19-14)9-17-11(2)8-12-6-7-20-10-12/h6-7,10-11,17H,3-5,8-9H2,1-2H3,(H,18,19). The molecule has 0 bridgehead atoms. The Labute approximate surface area is 129 Å². The highest BCUT2D eigenvalue weighted by Gasteiger charge is 2.10. The van der Waals surface area contributed by atoms with Crippen LogP contribution in [-0.2, 0) is 19.4 Å². The van der Waals surface area contributed by atoms with Gasteiger partial charge >= 0.3 is 0 Å². The Morgan fingerprint density at radius 2 is 2.35 bits per heavy atom. The third kappa shape index (κ3) is 4.62. The SMILES string of the molecule is CCCCc1nc(Cl)c(CNC(C)Cc2ccsc2)[nH]1. The van der Waals surface area contributed by atoms with Crippen molar-refractivity contribution in [2.24, 2.45) is 0 Å². The van der Waals surface area contributed by atoms with Crippen LogP contribution in [-0.4, -0.2) is 16.0 Å². The van der Waals surface area contributed by atoms with Crippen molar-refractivity contribution >= 4 is 22.9 Å². The number of imidazole rings is 1. The number of nitrogens with zero attached hydrogens (tertiary/aromatic N) is 1. The molecule has 0 aromatic carbocycles. The molecular weight excluding hydrogens is 290 g/mol. The molecule has 2 aromatic rings. The van der Waals surface area contributed by atoms with Crippen LogP contribution >= 0.6 is 22.9 Å². The second kappa shape index (κ2) is 7.81. The molecule has 1 unspecified atom stereocenters. The van der Waals surface area contributed by atoms with Gasteiger partial charge < -0.3 is 10.3 Å². The molecule has 2 N–H and O–H groups in total. The van der Waals surface area contributed by atoms with Gasteiger partial charge in [-0.3, -0.25) is 0 Å². The fraction of sp³-hybridized carbons (Fsp3) is 0.533. The van der Waals surface area contributed by atoms with E-state index in [4.69, 9.17) is 11.6 Å². The third-order valence-electron chi connectivity index (χ3n) is 3.29. The van der Waals surface area contributed by atoms with Gasteiger partial charge in [-0.25, -0.2) is 4.98 Å². The molecule has 0 amide bonds. The first-order valence-corrected chi connectivity index (χ1v) is 8.48. The maximum atomic E-state index is 6.17. The number of rotatable bonds is 8. The van der Waals surface area contributed by atoms with Crippen molar-refractivity contribution in [3.05, 3.63) is 39.1 Å². The minimum atomic E-state index is 0.419. The Balaban J connectivity index is 1.82. The normalized spacial score (nSPS) is 12.8. The average Bonchev–Trinajstić information content (AvgIpc) is 3.04. The summed E-state index contributed by atoms with van der Waals surface area (Å²) in [5.41, 5.74) is 2.38. The Morgan fingerprint density at radius 1 is 1.50 bits per heavy atom. The van der Waals surface area contributed by atoms with E-state index in [9.17, 15) is 0 Å². The number of hydrogen-bond donors (Lipinski definition) is 2. The topological polar surface area (TPSA) is 40.7 Å². The van der Waals surface area contributed by atoms with E-state index >= 15 is 0 Å². The molecule has 0 saturated heterocycles. The quantitative estimate of drug-likeness (QED) is 0.767. The van der Waals surface area contributed by atoms with Gasteiger partial charge in [-0.1, -0.05) is 24.9 Å². The van der Waals surface area contributed by atoms with E-state index in [2.05, 4.69) is 46.0 Å². The monoisotopic (exact) mass is 311 g/mol. The maximum absolute atomic E-state index is 6.17. The lowest BCUT2D eigenvalue weighted by Gasteiger charge is -2.12. The van der Waals surface area contributed by atoms with Crippen LogP contribution in [0.4, 0.5) is 0 Å². The Kier molecular flexibility index (Phi) is 6.07. The summed E-state index contributed by atoms with van der Waals surface area (Å²) in [5, 5.41) is 8.42. The van der Waals surface area contributed by atoms with Crippen molar-refractivity contribution in [3.63, 3.8) is 0 Å². The molecule has 3 nitrogen and oxygen atoms in total. The van der Waals surface area contributed by atoms with Gasteiger partial charge in [0, 0.05) is 19.0 Å². The third-order valence-corrected chi connectivity index (χ3v) is 4.34. The zero-order chi connectivity index (χ0) is 14.4. The van der Waals surface area contributed by atoms with Crippen molar-refractivity contribution in [2.75, 3.05) is 0 Å². The summed E-state index contributed by atoms with van der Waals surface area (Å²) >= 11 is 7.91. The minimum absolute atomic E-state index is 0.419. The summed E-state index contributed by atoms with van der Waals surface area (Å²) in [7, 11) is 0. The first-order valence-electron chi connectivity index (χ1n) is 7.16. The van der Waals surface area contributed by atoms with Gasteiger partial charge in [-0.2, -0.15) is 11.3 Å². The van der Waals surface area contributed by atoms with Crippen LogP contribution in [0, 0.1) is 0 Å². The molecule has 20 heavy (non-hydrogen) atoms.